The van der Waals surface area contributed by atoms with Crippen molar-refractivity contribution in [2.45, 2.75) is 31.8 Å². The van der Waals surface area contributed by atoms with Gasteiger partial charge in [-0.15, -0.1) is 16.8 Å². The topological polar surface area (TPSA) is 107 Å². The van der Waals surface area contributed by atoms with Gasteiger partial charge in [-0.3, -0.25) is 4.79 Å². The van der Waals surface area contributed by atoms with Crippen molar-refractivity contribution >= 4 is 51.9 Å². The summed E-state index contributed by atoms with van der Waals surface area (Å²) < 4.78 is 13.3. The fraction of sp³-hybridized carbons (Fsp3) is 0.161. The fourth-order valence-electron chi connectivity index (χ4n) is 4.23. The minimum absolute atomic E-state index is 0.104. The lowest BCUT2D eigenvalue weighted by molar-refractivity contribution is -0.118. The minimum atomic E-state index is -0.294. The summed E-state index contributed by atoms with van der Waals surface area (Å²) in [5.41, 5.74) is 5.45. The highest BCUT2D eigenvalue weighted by atomic mass is 35.5. The molecule has 0 spiro atoms. The zero-order valence-electron chi connectivity index (χ0n) is 22.9. The number of carbonyl (C=O) groups is 1. The minimum Gasteiger partial charge on any atom is -0.460 e. The largest absolute Gasteiger partial charge is 0.460 e. The predicted molar refractivity (Wildman–Crippen MR) is 167 cm³/mol. The summed E-state index contributed by atoms with van der Waals surface area (Å²) in [6, 6.07) is 23.4. The molecule has 0 atom stereocenters. The Balaban J connectivity index is 1.12. The molecule has 5 aromatic rings. The number of nitrogens with one attached hydrogen (secondary N) is 2. The molecule has 0 fully saturated rings. The second kappa shape index (κ2) is 13.9. The van der Waals surface area contributed by atoms with E-state index in [1.165, 1.54) is 18.0 Å². The number of furan rings is 1. The van der Waals surface area contributed by atoms with Crippen LogP contribution in [0.4, 0.5) is 5.69 Å². The van der Waals surface area contributed by atoms with Crippen molar-refractivity contribution in [1.82, 2.24) is 20.2 Å². The molecule has 9 nitrogen and oxygen atoms in total. The molecule has 0 bridgehead atoms. The summed E-state index contributed by atoms with van der Waals surface area (Å²) in [5.74, 6) is 1.31. The lowest BCUT2D eigenvalue weighted by Crippen LogP contribution is -2.20. The number of nitrogens with zero attached hydrogens (tertiary/aromatic N) is 4. The van der Waals surface area contributed by atoms with E-state index in [4.69, 9.17) is 20.8 Å². The van der Waals surface area contributed by atoms with Crippen LogP contribution in [0.25, 0.3) is 10.8 Å². The zero-order valence-corrected chi connectivity index (χ0v) is 24.5. The normalized spacial score (nSPS) is 11.2. The summed E-state index contributed by atoms with van der Waals surface area (Å²) in [5, 5.41) is 19.6. The molecule has 2 heterocycles. The third kappa shape index (κ3) is 7.20. The molecule has 1 amide bonds. The Hall–Kier alpha value is -4.54. The SMILES string of the molecule is C=CCn1c(CNc2cccc3ccccc23)nnc1SCC(=O)N/N=C/c1ccc(OCc2c(C)cccc2Cl)o1. The number of hydrogen-bond acceptors (Lipinski definition) is 8. The number of fused-ring (bicyclic) bond motifs is 1. The van der Waals surface area contributed by atoms with E-state index in [0.717, 1.165) is 33.4 Å². The van der Waals surface area contributed by atoms with E-state index in [2.05, 4.69) is 50.8 Å². The van der Waals surface area contributed by atoms with Crippen LogP contribution in [0.3, 0.4) is 0 Å². The Morgan fingerprint density at radius 2 is 1.95 bits per heavy atom. The molecule has 0 saturated carbocycles. The summed E-state index contributed by atoms with van der Waals surface area (Å²) in [7, 11) is 0. The number of amides is 1. The van der Waals surface area contributed by atoms with Gasteiger partial charge in [0.15, 0.2) is 16.7 Å². The molecule has 0 aliphatic carbocycles. The van der Waals surface area contributed by atoms with Gasteiger partial charge in [0, 0.05) is 34.3 Å². The third-order valence-corrected chi connectivity index (χ3v) is 7.68. The number of benzene rings is 3. The smallest absolute Gasteiger partial charge is 0.285 e. The van der Waals surface area contributed by atoms with E-state index >= 15 is 0 Å². The quantitative estimate of drug-likeness (QED) is 0.0678. The van der Waals surface area contributed by atoms with Crippen molar-refractivity contribution in [2.24, 2.45) is 5.10 Å². The standard InChI is InChI=1S/C31H29ClN6O3S/c1-3-16-38-28(18-33-27-13-7-10-22-9-4-5-11-24(22)27)35-37-31(38)42-20-29(39)36-34-17-23-14-15-30(41-23)40-19-25-21(2)8-6-12-26(25)32/h3-15,17,33H,1,16,18-20H2,2H3,(H,36,39)/b34-17+. The highest BCUT2D eigenvalue weighted by Crippen LogP contribution is 2.25. The van der Waals surface area contributed by atoms with E-state index in [1.807, 2.05) is 54.0 Å². The van der Waals surface area contributed by atoms with Crippen molar-refractivity contribution in [3.63, 3.8) is 0 Å². The van der Waals surface area contributed by atoms with Crippen LogP contribution in [-0.2, 0) is 24.5 Å². The summed E-state index contributed by atoms with van der Waals surface area (Å²) in [6.45, 7) is 7.08. The molecule has 0 radical (unpaired) electrons. The Morgan fingerprint density at radius 3 is 2.81 bits per heavy atom. The van der Waals surface area contributed by atoms with Gasteiger partial charge in [0.25, 0.3) is 11.9 Å². The van der Waals surface area contributed by atoms with Crippen molar-refractivity contribution in [3.05, 3.63) is 113 Å². The number of aryl methyl sites for hydroxylation is 1. The Labute approximate surface area is 252 Å². The number of halogens is 1. The number of carbonyl (C=O) groups excluding carboxylic acids is 1. The first kappa shape index (κ1) is 29.0. The van der Waals surface area contributed by atoms with Gasteiger partial charge in [-0.05, 0) is 36.1 Å². The summed E-state index contributed by atoms with van der Waals surface area (Å²) >= 11 is 7.53. The number of thioether (sulfide) groups is 1. The van der Waals surface area contributed by atoms with Crippen LogP contribution in [0.15, 0.2) is 100 Å². The first-order chi connectivity index (χ1) is 20.5. The average molecular weight is 601 g/mol. The number of rotatable bonds is 13. The molecule has 0 unspecified atom stereocenters. The molecular formula is C31H29ClN6O3S. The maximum Gasteiger partial charge on any atom is 0.285 e. The first-order valence-electron chi connectivity index (χ1n) is 13.2. The number of aromatic nitrogens is 3. The Morgan fingerprint density at radius 1 is 1.12 bits per heavy atom. The first-order valence-corrected chi connectivity index (χ1v) is 14.5. The second-order valence-electron chi connectivity index (χ2n) is 9.24. The molecule has 214 valence electrons. The molecule has 11 heteroatoms. The maximum absolute atomic E-state index is 12.4. The van der Waals surface area contributed by atoms with Crippen LogP contribution in [0.1, 0.15) is 22.7 Å². The van der Waals surface area contributed by atoms with Crippen molar-refractivity contribution in [2.75, 3.05) is 11.1 Å². The van der Waals surface area contributed by atoms with E-state index in [9.17, 15) is 4.79 Å². The van der Waals surface area contributed by atoms with Gasteiger partial charge in [-0.2, -0.15) is 5.10 Å². The highest BCUT2D eigenvalue weighted by molar-refractivity contribution is 7.99. The number of ether oxygens (including phenoxy) is 1. The van der Waals surface area contributed by atoms with Crippen LogP contribution in [-0.4, -0.2) is 32.6 Å². The number of allylic oxidation sites excluding steroid dienone is 1. The van der Waals surface area contributed by atoms with Crippen molar-refractivity contribution in [1.29, 1.82) is 0 Å². The van der Waals surface area contributed by atoms with Gasteiger partial charge in [0.1, 0.15) is 6.61 Å². The van der Waals surface area contributed by atoms with Gasteiger partial charge in [0.05, 0.1) is 18.5 Å². The van der Waals surface area contributed by atoms with Gasteiger partial charge in [-0.1, -0.05) is 78.0 Å². The summed E-state index contributed by atoms with van der Waals surface area (Å²) in [6.07, 6.45) is 3.18. The Kier molecular flexibility index (Phi) is 9.58. The van der Waals surface area contributed by atoms with Crippen LogP contribution >= 0.6 is 23.4 Å². The molecule has 2 aromatic heterocycles. The van der Waals surface area contributed by atoms with Gasteiger partial charge in [0.2, 0.25) is 0 Å². The molecular weight excluding hydrogens is 572 g/mol. The van der Waals surface area contributed by atoms with E-state index < -0.39 is 0 Å². The second-order valence-corrected chi connectivity index (χ2v) is 10.6. The molecule has 0 aliphatic rings. The number of hydrazone groups is 1. The molecule has 0 aliphatic heterocycles. The van der Waals surface area contributed by atoms with E-state index in [1.54, 1.807) is 18.2 Å². The highest BCUT2D eigenvalue weighted by Gasteiger charge is 2.14. The van der Waals surface area contributed by atoms with Crippen molar-refractivity contribution in [3.8, 4) is 5.95 Å². The average Bonchev–Trinajstić information content (AvgIpc) is 3.61. The zero-order chi connectivity index (χ0) is 29.3. The van der Waals surface area contributed by atoms with E-state index in [0.29, 0.717) is 35.0 Å². The van der Waals surface area contributed by atoms with Gasteiger partial charge in [-0.25, -0.2) is 5.43 Å². The van der Waals surface area contributed by atoms with Crippen LogP contribution in [0, 0.1) is 6.92 Å². The van der Waals surface area contributed by atoms with Crippen LogP contribution < -0.4 is 15.5 Å². The number of hydrogen-bond donors (Lipinski definition) is 2. The lowest BCUT2D eigenvalue weighted by Gasteiger charge is -2.11. The third-order valence-electron chi connectivity index (χ3n) is 6.36. The van der Waals surface area contributed by atoms with Gasteiger partial charge >= 0.3 is 0 Å². The van der Waals surface area contributed by atoms with Crippen molar-refractivity contribution < 1.29 is 13.9 Å². The maximum atomic E-state index is 12.4. The van der Waals surface area contributed by atoms with Crippen LogP contribution in [0.2, 0.25) is 5.02 Å². The molecule has 2 N–H and O–H groups in total. The lowest BCUT2D eigenvalue weighted by atomic mass is 10.1. The molecule has 5 rings (SSSR count). The Bertz CT molecular complexity index is 1710. The van der Waals surface area contributed by atoms with E-state index in [-0.39, 0.29) is 18.3 Å². The molecule has 42 heavy (non-hydrogen) atoms. The molecule has 3 aromatic carbocycles. The number of anilines is 1. The fourth-order valence-corrected chi connectivity index (χ4v) is 5.26. The summed E-state index contributed by atoms with van der Waals surface area (Å²) in [4.78, 5) is 12.4. The monoisotopic (exact) mass is 600 g/mol. The predicted octanol–water partition coefficient (Wildman–Crippen LogP) is 6.61. The molecule has 0 saturated heterocycles. The van der Waals surface area contributed by atoms with Crippen LogP contribution in [0.5, 0.6) is 5.95 Å². The van der Waals surface area contributed by atoms with Gasteiger partial charge < -0.3 is 19.0 Å².